The second kappa shape index (κ2) is 9.63. The highest BCUT2D eigenvalue weighted by atomic mass is 32.1. The zero-order valence-electron chi connectivity index (χ0n) is 21.5. The summed E-state index contributed by atoms with van der Waals surface area (Å²) in [7, 11) is 5.44. The standard InChI is InChI=1S/C29H25N3O6S/c1-31(2)18-7-4-16(5-8-18)25-24(26(33)17-6-11-21-22(14-17)38-13-12-37-21)27(34)28(35)32(25)29-30-20-10-9-19(36-3)15-23(20)39-29/h4-11,14-15,25,33H,12-13H2,1-3H3. The Morgan fingerprint density at radius 3 is 2.49 bits per heavy atom. The van der Waals surface area contributed by atoms with E-state index in [2.05, 4.69) is 4.98 Å². The molecule has 6 rings (SSSR count). The van der Waals surface area contributed by atoms with Gasteiger partial charge in [-0.15, -0.1) is 0 Å². The molecule has 39 heavy (non-hydrogen) atoms. The monoisotopic (exact) mass is 543 g/mol. The number of aromatic nitrogens is 1. The zero-order valence-corrected chi connectivity index (χ0v) is 22.3. The highest BCUT2D eigenvalue weighted by Gasteiger charge is 2.48. The van der Waals surface area contributed by atoms with E-state index in [9.17, 15) is 14.7 Å². The number of rotatable bonds is 5. The summed E-state index contributed by atoms with van der Waals surface area (Å²) < 4.78 is 17.4. The number of methoxy groups -OCH3 is 1. The van der Waals surface area contributed by atoms with Gasteiger partial charge in [-0.1, -0.05) is 23.5 Å². The Labute approximate surface area is 228 Å². The molecule has 1 amide bonds. The van der Waals surface area contributed by atoms with Crippen LogP contribution in [0.25, 0.3) is 16.0 Å². The SMILES string of the molecule is COc1ccc2nc(N3C(=O)C(=O)C(=C(O)c4ccc5c(c4)OCCO5)C3c3ccc(N(C)C)cc3)sc2c1. The van der Waals surface area contributed by atoms with Crippen molar-refractivity contribution in [2.45, 2.75) is 6.04 Å². The van der Waals surface area contributed by atoms with E-state index in [1.165, 1.54) is 16.2 Å². The number of fused-ring (bicyclic) bond motifs is 2. The molecule has 3 heterocycles. The summed E-state index contributed by atoms with van der Waals surface area (Å²) >= 11 is 1.28. The maximum absolute atomic E-state index is 13.6. The van der Waals surface area contributed by atoms with Gasteiger partial charge in [0, 0.05) is 25.3 Å². The first-order chi connectivity index (χ1) is 18.9. The number of hydrogen-bond donors (Lipinski definition) is 1. The fourth-order valence-electron chi connectivity index (χ4n) is 4.77. The fourth-order valence-corrected chi connectivity index (χ4v) is 5.79. The molecule has 3 aromatic carbocycles. The quantitative estimate of drug-likeness (QED) is 0.218. The van der Waals surface area contributed by atoms with Crippen LogP contribution in [0.2, 0.25) is 0 Å². The number of ketones is 1. The highest BCUT2D eigenvalue weighted by Crippen LogP contribution is 2.45. The Bertz CT molecular complexity index is 1640. The first-order valence-electron chi connectivity index (χ1n) is 12.3. The van der Waals surface area contributed by atoms with E-state index in [1.54, 1.807) is 37.4 Å². The molecule has 0 radical (unpaired) electrons. The van der Waals surface area contributed by atoms with E-state index >= 15 is 0 Å². The van der Waals surface area contributed by atoms with E-state index in [-0.39, 0.29) is 11.3 Å². The van der Waals surface area contributed by atoms with Gasteiger partial charge in [0.15, 0.2) is 16.6 Å². The summed E-state index contributed by atoms with van der Waals surface area (Å²) in [6.07, 6.45) is 0. The second-order valence-corrected chi connectivity index (χ2v) is 10.4. The minimum atomic E-state index is -0.892. The van der Waals surface area contributed by atoms with E-state index in [1.807, 2.05) is 49.3 Å². The van der Waals surface area contributed by atoms with Crippen molar-refractivity contribution in [3.63, 3.8) is 0 Å². The number of aliphatic hydroxyl groups is 1. The lowest BCUT2D eigenvalue weighted by Crippen LogP contribution is -2.29. The molecule has 0 aliphatic carbocycles. The number of amides is 1. The van der Waals surface area contributed by atoms with Gasteiger partial charge in [0.25, 0.3) is 5.78 Å². The van der Waals surface area contributed by atoms with Crippen molar-refractivity contribution in [1.29, 1.82) is 0 Å². The summed E-state index contributed by atoms with van der Waals surface area (Å²) in [5, 5.41) is 11.8. The topological polar surface area (TPSA) is 101 Å². The largest absolute Gasteiger partial charge is 0.507 e. The molecular weight excluding hydrogens is 518 g/mol. The van der Waals surface area contributed by atoms with Gasteiger partial charge in [-0.25, -0.2) is 4.98 Å². The van der Waals surface area contributed by atoms with Crippen LogP contribution in [0.3, 0.4) is 0 Å². The number of carbonyl (C=O) groups is 2. The number of hydrogen-bond acceptors (Lipinski definition) is 9. The number of carbonyl (C=O) groups excluding carboxylic acids is 2. The maximum Gasteiger partial charge on any atom is 0.301 e. The number of ether oxygens (including phenoxy) is 3. The van der Waals surface area contributed by atoms with E-state index in [4.69, 9.17) is 14.2 Å². The molecule has 4 aromatic rings. The van der Waals surface area contributed by atoms with Crippen molar-refractivity contribution in [3.05, 3.63) is 77.4 Å². The molecule has 1 fully saturated rings. The van der Waals surface area contributed by atoms with Gasteiger partial charge in [-0.05, 0) is 54.1 Å². The number of anilines is 2. The fraction of sp³-hybridized carbons (Fsp3) is 0.207. The molecule has 1 unspecified atom stereocenters. The van der Waals surface area contributed by atoms with Crippen LogP contribution < -0.4 is 24.0 Å². The van der Waals surface area contributed by atoms with Crippen LogP contribution in [-0.2, 0) is 9.59 Å². The molecule has 9 nitrogen and oxygen atoms in total. The van der Waals surface area contributed by atoms with Crippen molar-refractivity contribution in [3.8, 4) is 17.2 Å². The third-order valence-corrected chi connectivity index (χ3v) is 7.79. The zero-order chi connectivity index (χ0) is 27.3. The lowest BCUT2D eigenvalue weighted by Gasteiger charge is -2.24. The van der Waals surface area contributed by atoms with Crippen LogP contribution >= 0.6 is 11.3 Å². The first-order valence-corrected chi connectivity index (χ1v) is 13.1. The third-order valence-electron chi connectivity index (χ3n) is 6.78. The van der Waals surface area contributed by atoms with Crippen molar-refractivity contribution in [2.24, 2.45) is 0 Å². The summed E-state index contributed by atoms with van der Waals surface area (Å²) in [6.45, 7) is 0.808. The Hall–Kier alpha value is -4.57. The highest BCUT2D eigenvalue weighted by molar-refractivity contribution is 7.22. The Kier molecular flexibility index (Phi) is 6.11. The second-order valence-electron chi connectivity index (χ2n) is 9.34. The summed E-state index contributed by atoms with van der Waals surface area (Å²) in [4.78, 5) is 35.1. The van der Waals surface area contributed by atoms with Gasteiger partial charge in [-0.3, -0.25) is 14.5 Å². The molecular formula is C29H25N3O6S. The average Bonchev–Trinajstić information content (AvgIpc) is 3.49. The maximum atomic E-state index is 13.6. The van der Waals surface area contributed by atoms with Crippen LogP contribution in [0.15, 0.2) is 66.2 Å². The predicted octanol–water partition coefficient (Wildman–Crippen LogP) is 4.77. The van der Waals surface area contributed by atoms with Crippen LogP contribution in [0.4, 0.5) is 10.8 Å². The third kappa shape index (κ3) is 4.22. The Morgan fingerprint density at radius 1 is 1.03 bits per heavy atom. The average molecular weight is 544 g/mol. The molecule has 1 N–H and O–H groups in total. The number of benzene rings is 3. The van der Waals surface area contributed by atoms with Crippen molar-refractivity contribution >= 4 is 49.8 Å². The molecule has 1 atom stereocenters. The first kappa shape index (κ1) is 24.7. The lowest BCUT2D eigenvalue weighted by atomic mass is 9.95. The van der Waals surface area contributed by atoms with E-state index < -0.39 is 17.7 Å². The normalized spacial score (nSPS) is 18.0. The van der Waals surface area contributed by atoms with Gasteiger partial charge in [0.1, 0.15) is 24.7 Å². The Morgan fingerprint density at radius 2 is 1.77 bits per heavy atom. The van der Waals surface area contributed by atoms with Crippen LogP contribution in [0, 0.1) is 0 Å². The van der Waals surface area contributed by atoms with Crippen LogP contribution in [-0.4, -0.2) is 56.2 Å². The van der Waals surface area contributed by atoms with Crippen molar-refractivity contribution < 1.29 is 28.9 Å². The van der Waals surface area contributed by atoms with Gasteiger partial charge < -0.3 is 24.2 Å². The molecule has 0 spiro atoms. The molecule has 0 bridgehead atoms. The van der Waals surface area contributed by atoms with Gasteiger partial charge in [0.05, 0.1) is 28.9 Å². The lowest BCUT2D eigenvalue weighted by molar-refractivity contribution is -0.132. The smallest absolute Gasteiger partial charge is 0.301 e. The van der Waals surface area contributed by atoms with E-state index in [0.717, 1.165) is 10.4 Å². The molecule has 10 heteroatoms. The van der Waals surface area contributed by atoms with Gasteiger partial charge in [-0.2, -0.15) is 0 Å². The minimum absolute atomic E-state index is 0.0221. The van der Waals surface area contributed by atoms with Gasteiger partial charge in [0.2, 0.25) is 0 Å². The van der Waals surface area contributed by atoms with E-state index in [0.29, 0.717) is 52.2 Å². The number of Topliss-reactive ketones (excluding diaryl/α,β-unsaturated/α-hetero) is 1. The summed E-state index contributed by atoms with van der Waals surface area (Å²) in [5.41, 5.74) is 2.61. The van der Waals surface area contributed by atoms with Crippen LogP contribution in [0.1, 0.15) is 17.2 Å². The van der Waals surface area contributed by atoms with Gasteiger partial charge >= 0.3 is 5.91 Å². The number of aliphatic hydroxyl groups excluding tert-OH is 1. The Balaban J connectivity index is 1.52. The summed E-state index contributed by atoms with van der Waals surface area (Å²) in [6, 6.07) is 17.0. The molecule has 2 aliphatic rings. The molecule has 1 aromatic heterocycles. The van der Waals surface area contributed by atoms with Crippen molar-refractivity contribution in [2.75, 3.05) is 44.2 Å². The predicted molar refractivity (Wildman–Crippen MR) is 149 cm³/mol. The molecule has 198 valence electrons. The molecule has 1 saturated heterocycles. The molecule has 0 saturated carbocycles. The molecule has 2 aliphatic heterocycles. The number of thiazole rings is 1. The van der Waals surface area contributed by atoms with Crippen molar-refractivity contribution in [1.82, 2.24) is 4.98 Å². The van der Waals surface area contributed by atoms with Crippen LogP contribution in [0.5, 0.6) is 17.2 Å². The summed E-state index contributed by atoms with van der Waals surface area (Å²) in [5.74, 6) is -0.167. The number of nitrogens with zero attached hydrogens (tertiary/aromatic N) is 3. The minimum Gasteiger partial charge on any atom is -0.507 e.